The molecule has 120 valence electrons. The van der Waals surface area contributed by atoms with Gasteiger partial charge in [-0.1, -0.05) is 71.1 Å². The van der Waals surface area contributed by atoms with E-state index in [-0.39, 0.29) is 0 Å². The molecular weight excluding hydrogens is 262 g/mol. The number of unbranched alkanes of at least 4 members (excludes halogenated alkanes) is 9. The van der Waals surface area contributed by atoms with Gasteiger partial charge in [0.1, 0.15) is 0 Å². The molecule has 0 saturated carbocycles. The van der Waals surface area contributed by atoms with Crippen LogP contribution in [0.4, 0.5) is 0 Å². The average molecular weight is 300 g/mol. The van der Waals surface area contributed by atoms with Crippen molar-refractivity contribution in [2.45, 2.75) is 90.0 Å². The highest BCUT2D eigenvalue weighted by Crippen LogP contribution is 2.28. The van der Waals surface area contributed by atoms with Crippen LogP contribution < -0.4 is 5.32 Å². The zero-order valence-corrected chi connectivity index (χ0v) is 14.8. The molecule has 0 aromatic carbocycles. The second-order valence-electron chi connectivity index (χ2n) is 6.49. The van der Waals surface area contributed by atoms with Crippen LogP contribution in [0.25, 0.3) is 0 Å². The molecule has 2 heteroatoms. The molecule has 1 aliphatic heterocycles. The van der Waals surface area contributed by atoms with Gasteiger partial charge < -0.3 is 5.32 Å². The third-order valence-electron chi connectivity index (χ3n) is 4.77. The molecular formula is C18H37NS. The second-order valence-corrected chi connectivity index (χ2v) is 7.64. The Morgan fingerprint density at radius 1 is 0.950 bits per heavy atom. The normalized spacial score (nSPS) is 20.4. The molecule has 1 rings (SSSR count). The van der Waals surface area contributed by atoms with E-state index in [0.717, 1.165) is 12.0 Å². The van der Waals surface area contributed by atoms with Crippen molar-refractivity contribution in [3.8, 4) is 0 Å². The van der Waals surface area contributed by atoms with Gasteiger partial charge in [0.05, 0.1) is 0 Å². The highest BCUT2D eigenvalue weighted by molar-refractivity contribution is 7.99. The van der Waals surface area contributed by atoms with E-state index in [1.54, 1.807) is 0 Å². The van der Waals surface area contributed by atoms with Crippen LogP contribution in [0.15, 0.2) is 0 Å². The summed E-state index contributed by atoms with van der Waals surface area (Å²) in [5.74, 6) is 3.73. The maximum Gasteiger partial charge on any atom is 0.0100 e. The van der Waals surface area contributed by atoms with Crippen LogP contribution in [0.3, 0.4) is 0 Å². The van der Waals surface area contributed by atoms with E-state index in [9.17, 15) is 0 Å². The molecule has 20 heavy (non-hydrogen) atoms. The van der Waals surface area contributed by atoms with Crippen LogP contribution in [0, 0.1) is 5.92 Å². The van der Waals surface area contributed by atoms with E-state index >= 15 is 0 Å². The SMILES string of the molecule is CCCCCCCCCCCCC(NC)C1CCSC1. The van der Waals surface area contributed by atoms with Gasteiger partial charge in [-0.2, -0.15) is 11.8 Å². The van der Waals surface area contributed by atoms with Crippen molar-refractivity contribution >= 4 is 11.8 Å². The van der Waals surface area contributed by atoms with Crippen molar-refractivity contribution < 1.29 is 0 Å². The fourth-order valence-corrected chi connectivity index (χ4v) is 4.68. The fraction of sp³-hybridized carbons (Fsp3) is 1.00. The summed E-state index contributed by atoms with van der Waals surface area (Å²) in [6.45, 7) is 2.29. The molecule has 2 atom stereocenters. The lowest BCUT2D eigenvalue weighted by molar-refractivity contribution is 0.370. The molecule has 1 aliphatic rings. The third kappa shape index (κ3) is 8.56. The summed E-state index contributed by atoms with van der Waals surface area (Å²) >= 11 is 2.14. The van der Waals surface area contributed by atoms with Crippen LogP contribution in [-0.4, -0.2) is 24.6 Å². The Bertz CT molecular complexity index is 202. The Kier molecular flexibility index (Phi) is 11.9. The molecule has 2 unspecified atom stereocenters. The monoisotopic (exact) mass is 299 g/mol. The molecule has 0 aliphatic carbocycles. The maximum absolute atomic E-state index is 3.56. The maximum atomic E-state index is 3.56. The Balaban J connectivity index is 1.85. The summed E-state index contributed by atoms with van der Waals surface area (Å²) in [7, 11) is 2.16. The molecule has 0 radical (unpaired) electrons. The van der Waals surface area contributed by atoms with Crippen molar-refractivity contribution in [2.24, 2.45) is 5.92 Å². The fourth-order valence-electron chi connectivity index (χ4n) is 3.34. The molecule has 0 aromatic heterocycles. The van der Waals surface area contributed by atoms with E-state index in [4.69, 9.17) is 0 Å². The number of rotatable bonds is 13. The minimum atomic E-state index is 0.791. The number of hydrogen-bond donors (Lipinski definition) is 1. The van der Waals surface area contributed by atoms with Crippen LogP contribution in [-0.2, 0) is 0 Å². The van der Waals surface area contributed by atoms with E-state index in [1.807, 2.05) is 0 Å². The average Bonchev–Trinajstić information content (AvgIpc) is 2.99. The summed E-state index contributed by atoms with van der Waals surface area (Å²) < 4.78 is 0. The van der Waals surface area contributed by atoms with Crippen LogP contribution >= 0.6 is 11.8 Å². The zero-order chi connectivity index (χ0) is 14.5. The van der Waals surface area contributed by atoms with Crippen molar-refractivity contribution in [3.63, 3.8) is 0 Å². The van der Waals surface area contributed by atoms with Crippen LogP contribution in [0.1, 0.15) is 84.0 Å². The van der Waals surface area contributed by atoms with Gasteiger partial charge in [0.2, 0.25) is 0 Å². The Morgan fingerprint density at radius 2 is 1.55 bits per heavy atom. The molecule has 1 N–H and O–H groups in total. The Hall–Kier alpha value is 0.310. The van der Waals surface area contributed by atoms with E-state index in [0.29, 0.717) is 0 Å². The molecule has 0 bridgehead atoms. The van der Waals surface area contributed by atoms with Gasteiger partial charge >= 0.3 is 0 Å². The summed E-state index contributed by atoms with van der Waals surface area (Å²) in [6, 6.07) is 0.791. The highest BCUT2D eigenvalue weighted by atomic mass is 32.2. The zero-order valence-electron chi connectivity index (χ0n) is 14.0. The van der Waals surface area contributed by atoms with E-state index in [1.165, 1.54) is 88.6 Å². The lowest BCUT2D eigenvalue weighted by atomic mass is 9.94. The first-order valence-electron chi connectivity index (χ1n) is 9.13. The third-order valence-corrected chi connectivity index (χ3v) is 5.96. The smallest absolute Gasteiger partial charge is 0.0100 e. The summed E-state index contributed by atoms with van der Waals surface area (Å²) in [4.78, 5) is 0. The quantitative estimate of drug-likeness (QED) is 0.442. The first-order valence-corrected chi connectivity index (χ1v) is 10.3. The standard InChI is InChI=1S/C18H37NS/c1-3-4-5-6-7-8-9-10-11-12-13-18(19-2)17-14-15-20-16-17/h17-19H,3-16H2,1-2H3. The van der Waals surface area contributed by atoms with Gasteiger partial charge in [0, 0.05) is 6.04 Å². The number of hydrogen-bond acceptors (Lipinski definition) is 2. The first-order chi connectivity index (χ1) is 9.88. The summed E-state index contributed by atoms with van der Waals surface area (Å²) in [6.07, 6.45) is 17.3. The molecule has 1 saturated heterocycles. The number of thioether (sulfide) groups is 1. The van der Waals surface area contributed by atoms with Gasteiger partial charge in [0.25, 0.3) is 0 Å². The van der Waals surface area contributed by atoms with Crippen LogP contribution in [0.5, 0.6) is 0 Å². The van der Waals surface area contributed by atoms with Gasteiger partial charge in [-0.25, -0.2) is 0 Å². The minimum Gasteiger partial charge on any atom is -0.317 e. The lowest BCUT2D eigenvalue weighted by Crippen LogP contribution is -2.33. The predicted octanol–water partition coefficient (Wildman–Crippen LogP) is 5.64. The van der Waals surface area contributed by atoms with Crippen molar-refractivity contribution in [3.05, 3.63) is 0 Å². The molecule has 1 fully saturated rings. The van der Waals surface area contributed by atoms with E-state index < -0.39 is 0 Å². The van der Waals surface area contributed by atoms with Gasteiger partial charge in [0.15, 0.2) is 0 Å². The van der Waals surface area contributed by atoms with Crippen LogP contribution in [0.2, 0.25) is 0 Å². The summed E-state index contributed by atoms with van der Waals surface area (Å²) in [5, 5.41) is 3.56. The molecule has 0 amide bonds. The Labute approximate surface area is 132 Å². The molecule has 0 aromatic rings. The molecule has 1 nitrogen and oxygen atoms in total. The van der Waals surface area contributed by atoms with Crippen molar-refractivity contribution in [1.29, 1.82) is 0 Å². The van der Waals surface area contributed by atoms with Gasteiger partial charge in [-0.05, 0) is 37.3 Å². The first kappa shape index (κ1) is 18.4. The number of nitrogens with one attached hydrogen (secondary N) is 1. The summed E-state index contributed by atoms with van der Waals surface area (Å²) in [5.41, 5.74) is 0. The topological polar surface area (TPSA) is 12.0 Å². The Morgan fingerprint density at radius 3 is 2.05 bits per heavy atom. The highest BCUT2D eigenvalue weighted by Gasteiger charge is 2.23. The lowest BCUT2D eigenvalue weighted by Gasteiger charge is -2.22. The minimum absolute atomic E-state index is 0.791. The van der Waals surface area contributed by atoms with Crippen molar-refractivity contribution in [1.82, 2.24) is 5.32 Å². The largest absolute Gasteiger partial charge is 0.317 e. The molecule has 1 heterocycles. The van der Waals surface area contributed by atoms with Gasteiger partial charge in [-0.15, -0.1) is 0 Å². The second kappa shape index (κ2) is 13.0. The van der Waals surface area contributed by atoms with Crippen molar-refractivity contribution in [2.75, 3.05) is 18.6 Å². The molecule has 0 spiro atoms. The van der Waals surface area contributed by atoms with E-state index in [2.05, 4.69) is 31.1 Å². The van der Waals surface area contributed by atoms with Gasteiger partial charge in [-0.3, -0.25) is 0 Å². The predicted molar refractivity (Wildman–Crippen MR) is 94.7 cm³/mol.